The van der Waals surface area contributed by atoms with Crippen molar-refractivity contribution in [3.05, 3.63) is 24.1 Å². The highest BCUT2D eigenvalue weighted by molar-refractivity contribution is 5.51. The third-order valence-corrected chi connectivity index (χ3v) is 5.15. The molecule has 2 aliphatic rings. The van der Waals surface area contributed by atoms with Crippen LogP contribution in [-0.4, -0.2) is 75.5 Å². The van der Waals surface area contributed by atoms with Gasteiger partial charge in [-0.25, -0.2) is 9.97 Å². The Bertz CT molecular complexity index is 729. The van der Waals surface area contributed by atoms with Gasteiger partial charge in [0.2, 0.25) is 5.89 Å². The monoisotopic (exact) mass is 359 g/mol. The van der Waals surface area contributed by atoms with Crippen LogP contribution in [0.2, 0.25) is 0 Å². The van der Waals surface area contributed by atoms with Crippen LogP contribution in [0.25, 0.3) is 0 Å². The second-order valence-corrected chi connectivity index (χ2v) is 6.90. The number of hydrogen-bond acceptors (Lipinski definition) is 9. The third-order valence-electron chi connectivity index (χ3n) is 5.15. The van der Waals surface area contributed by atoms with Crippen LogP contribution >= 0.6 is 0 Å². The fourth-order valence-corrected chi connectivity index (χ4v) is 3.72. The van der Waals surface area contributed by atoms with E-state index in [9.17, 15) is 5.11 Å². The van der Waals surface area contributed by atoms with Gasteiger partial charge < -0.3 is 19.4 Å². The number of aryl methyl sites for hydroxylation is 1. The summed E-state index contributed by atoms with van der Waals surface area (Å²) >= 11 is 0. The second kappa shape index (κ2) is 7.55. The number of nitrogens with zero attached hydrogens (tertiary/aromatic N) is 7. The van der Waals surface area contributed by atoms with E-state index in [0.29, 0.717) is 18.3 Å². The second-order valence-electron chi connectivity index (χ2n) is 6.90. The standard InChI is InChI=1S/C17H25N7O2/c1-13-20-17(26-21-13)10-22-5-7-23(8-6-22)15-9-16(19-12-18-15)24-4-2-3-14(24)11-25/h9,12,14,25H,2-8,10-11H2,1H3/t14-/m1/s1. The SMILES string of the molecule is Cc1noc(CN2CCN(c3cc(N4CCC[C@@H]4CO)ncn3)CC2)n1. The van der Waals surface area contributed by atoms with Gasteiger partial charge in [-0.1, -0.05) is 5.16 Å². The van der Waals surface area contributed by atoms with E-state index in [0.717, 1.165) is 57.2 Å². The Morgan fingerprint density at radius 1 is 1.15 bits per heavy atom. The van der Waals surface area contributed by atoms with E-state index in [1.54, 1.807) is 6.33 Å². The molecule has 0 aliphatic carbocycles. The van der Waals surface area contributed by atoms with Gasteiger partial charge in [0.25, 0.3) is 0 Å². The molecule has 9 nitrogen and oxygen atoms in total. The number of rotatable bonds is 5. The lowest BCUT2D eigenvalue weighted by Gasteiger charge is -2.35. The van der Waals surface area contributed by atoms with E-state index in [2.05, 4.69) is 34.8 Å². The highest BCUT2D eigenvalue weighted by atomic mass is 16.5. The topological polar surface area (TPSA) is 94.7 Å². The first-order chi connectivity index (χ1) is 12.7. The Morgan fingerprint density at radius 2 is 1.96 bits per heavy atom. The normalized spacial score (nSPS) is 21.5. The zero-order chi connectivity index (χ0) is 17.9. The molecule has 0 radical (unpaired) electrons. The fourth-order valence-electron chi connectivity index (χ4n) is 3.72. The fraction of sp³-hybridized carbons (Fsp3) is 0.647. The molecule has 4 rings (SSSR count). The molecule has 26 heavy (non-hydrogen) atoms. The summed E-state index contributed by atoms with van der Waals surface area (Å²) in [6.07, 6.45) is 3.74. The maximum Gasteiger partial charge on any atom is 0.240 e. The Morgan fingerprint density at radius 3 is 2.69 bits per heavy atom. The molecule has 0 unspecified atom stereocenters. The van der Waals surface area contributed by atoms with Crippen molar-refractivity contribution in [2.45, 2.75) is 32.4 Å². The predicted octanol–water partition coefficient (Wildman–Crippen LogP) is 0.451. The minimum Gasteiger partial charge on any atom is -0.394 e. The average molecular weight is 359 g/mol. The maximum absolute atomic E-state index is 9.55. The van der Waals surface area contributed by atoms with Crippen molar-refractivity contribution >= 4 is 11.6 Å². The van der Waals surface area contributed by atoms with Gasteiger partial charge in [-0.3, -0.25) is 4.90 Å². The van der Waals surface area contributed by atoms with Crippen molar-refractivity contribution in [1.29, 1.82) is 0 Å². The highest BCUT2D eigenvalue weighted by Crippen LogP contribution is 2.26. The van der Waals surface area contributed by atoms with Gasteiger partial charge in [-0.15, -0.1) is 0 Å². The molecule has 2 aliphatic heterocycles. The summed E-state index contributed by atoms with van der Waals surface area (Å²) in [6, 6.07) is 2.22. The molecule has 0 aromatic carbocycles. The van der Waals surface area contributed by atoms with Gasteiger partial charge in [-0.2, -0.15) is 4.98 Å². The van der Waals surface area contributed by atoms with Gasteiger partial charge >= 0.3 is 0 Å². The molecule has 140 valence electrons. The summed E-state index contributed by atoms with van der Waals surface area (Å²) in [6.45, 7) is 7.27. The summed E-state index contributed by atoms with van der Waals surface area (Å²) in [7, 11) is 0. The van der Waals surface area contributed by atoms with Crippen LogP contribution in [0.4, 0.5) is 11.6 Å². The lowest BCUT2D eigenvalue weighted by atomic mass is 10.2. The van der Waals surface area contributed by atoms with Crippen molar-refractivity contribution in [2.24, 2.45) is 0 Å². The van der Waals surface area contributed by atoms with Gasteiger partial charge in [0.1, 0.15) is 18.0 Å². The molecular weight excluding hydrogens is 334 g/mol. The third kappa shape index (κ3) is 3.63. The van der Waals surface area contributed by atoms with Crippen molar-refractivity contribution in [1.82, 2.24) is 25.0 Å². The summed E-state index contributed by atoms with van der Waals surface area (Å²) in [5.74, 6) is 3.21. The number of hydrogen-bond donors (Lipinski definition) is 1. The van der Waals surface area contributed by atoms with Crippen LogP contribution in [-0.2, 0) is 6.54 Å². The van der Waals surface area contributed by atoms with E-state index < -0.39 is 0 Å². The van der Waals surface area contributed by atoms with Crippen LogP contribution in [0.5, 0.6) is 0 Å². The van der Waals surface area contributed by atoms with Crippen LogP contribution < -0.4 is 9.80 Å². The zero-order valence-corrected chi connectivity index (χ0v) is 15.1. The molecule has 2 aromatic rings. The molecule has 1 N–H and O–H groups in total. The Labute approximate surface area is 152 Å². The molecule has 9 heteroatoms. The summed E-state index contributed by atoms with van der Waals surface area (Å²) in [5, 5.41) is 13.4. The molecule has 4 heterocycles. The Kier molecular flexibility index (Phi) is 4.98. The Hall–Kier alpha value is -2.26. The van der Waals surface area contributed by atoms with E-state index in [1.165, 1.54) is 0 Å². The molecule has 0 amide bonds. The maximum atomic E-state index is 9.55. The van der Waals surface area contributed by atoms with Gasteiger partial charge in [0.15, 0.2) is 5.82 Å². The van der Waals surface area contributed by atoms with Gasteiger partial charge in [0, 0.05) is 38.8 Å². The van der Waals surface area contributed by atoms with Crippen molar-refractivity contribution < 1.29 is 9.63 Å². The lowest BCUT2D eigenvalue weighted by Crippen LogP contribution is -2.46. The van der Waals surface area contributed by atoms with Crippen molar-refractivity contribution in [3.63, 3.8) is 0 Å². The minimum atomic E-state index is 0.174. The number of aromatic nitrogens is 4. The average Bonchev–Trinajstić information content (AvgIpc) is 3.31. The first kappa shape index (κ1) is 17.2. The van der Waals surface area contributed by atoms with E-state index in [-0.39, 0.29) is 12.6 Å². The molecular formula is C17H25N7O2. The van der Waals surface area contributed by atoms with Gasteiger partial charge in [0.05, 0.1) is 19.2 Å². The number of anilines is 2. The molecule has 0 saturated carbocycles. The van der Waals surface area contributed by atoms with Crippen LogP contribution in [0.15, 0.2) is 16.9 Å². The van der Waals surface area contributed by atoms with E-state index in [1.807, 2.05) is 13.0 Å². The first-order valence-corrected chi connectivity index (χ1v) is 9.19. The quantitative estimate of drug-likeness (QED) is 0.816. The minimum absolute atomic E-state index is 0.174. The molecule has 2 fully saturated rings. The Balaban J connectivity index is 1.37. The molecule has 0 bridgehead atoms. The molecule has 2 saturated heterocycles. The number of piperazine rings is 1. The van der Waals surface area contributed by atoms with Crippen LogP contribution in [0.1, 0.15) is 24.6 Å². The highest BCUT2D eigenvalue weighted by Gasteiger charge is 2.26. The predicted molar refractivity (Wildman–Crippen MR) is 96.0 cm³/mol. The van der Waals surface area contributed by atoms with E-state index in [4.69, 9.17) is 4.52 Å². The molecule has 1 atom stereocenters. The summed E-state index contributed by atoms with van der Waals surface area (Å²) in [4.78, 5) is 20.0. The summed E-state index contributed by atoms with van der Waals surface area (Å²) in [5.41, 5.74) is 0. The van der Waals surface area contributed by atoms with Crippen LogP contribution in [0, 0.1) is 6.92 Å². The lowest BCUT2D eigenvalue weighted by molar-refractivity contribution is 0.215. The van der Waals surface area contributed by atoms with Crippen LogP contribution in [0.3, 0.4) is 0 Å². The summed E-state index contributed by atoms with van der Waals surface area (Å²) < 4.78 is 5.21. The largest absolute Gasteiger partial charge is 0.394 e. The first-order valence-electron chi connectivity index (χ1n) is 9.19. The van der Waals surface area contributed by atoms with E-state index >= 15 is 0 Å². The molecule has 2 aromatic heterocycles. The zero-order valence-electron chi connectivity index (χ0n) is 15.1. The number of aliphatic hydroxyl groups is 1. The van der Waals surface area contributed by atoms with Gasteiger partial charge in [-0.05, 0) is 19.8 Å². The van der Waals surface area contributed by atoms with Crippen molar-refractivity contribution in [3.8, 4) is 0 Å². The number of aliphatic hydroxyl groups excluding tert-OH is 1. The smallest absolute Gasteiger partial charge is 0.240 e. The van der Waals surface area contributed by atoms with Crippen molar-refractivity contribution in [2.75, 3.05) is 49.1 Å². The molecule has 0 spiro atoms.